The molecule has 0 saturated heterocycles. The Labute approximate surface area is 128 Å². The predicted octanol–water partition coefficient (Wildman–Crippen LogP) is 4.17. The first-order chi connectivity index (χ1) is 10.2. The molecule has 0 N–H and O–H groups in total. The Morgan fingerprint density at radius 3 is 3.05 bits per heavy atom. The Hall–Kier alpha value is -1.87. The highest BCUT2D eigenvalue weighted by atomic mass is 35.5. The summed E-state index contributed by atoms with van der Waals surface area (Å²) in [5.74, 6) is 0.736. The third kappa shape index (κ3) is 2.12. The van der Waals surface area contributed by atoms with Crippen LogP contribution < -0.4 is 0 Å². The highest BCUT2D eigenvalue weighted by Gasteiger charge is 2.20. The zero-order chi connectivity index (χ0) is 14.4. The topological polar surface area (TPSA) is 30.2 Å². The van der Waals surface area contributed by atoms with Crippen molar-refractivity contribution in [2.45, 2.75) is 26.2 Å². The average Bonchev–Trinajstić information content (AvgIpc) is 2.91. The SMILES string of the molecule is CC1CCc2c(cnc3c(-c4cccc(Cl)c4)cnn23)C1. The van der Waals surface area contributed by atoms with Crippen molar-refractivity contribution in [3.05, 3.63) is 52.9 Å². The molecule has 0 aliphatic heterocycles. The van der Waals surface area contributed by atoms with E-state index in [0.717, 1.165) is 40.6 Å². The first-order valence-electron chi connectivity index (χ1n) is 7.33. The second kappa shape index (κ2) is 4.85. The summed E-state index contributed by atoms with van der Waals surface area (Å²) in [5.41, 5.74) is 5.67. The molecule has 1 aliphatic rings. The van der Waals surface area contributed by atoms with Gasteiger partial charge in [0.05, 0.1) is 6.20 Å². The summed E-state index contributed by atoms with van der Waals surface area (Å²) < 4.78 is 2.01. The Kier molecular flexibility index (Phi) is 2.96. The summed E-state index contributed by atoms with van der Waals surface area (Å²) in [6.45, 7) is 2.30. The van der Waals surface area contributed by atoms with Crippen molar-refractivity contribution in [1.82, 2.24) is 14.6 Å². The molecule has 0 fully saturated rings. The van der Waals surface area contributed by atoms with E-state index in [0.29, 0.717) is 0 Å². The van der Waals surface area contributed by atoms with Crippen LogP contribution in [0.5, 0.6) is 0 Å². The fourth-order valence-electron chi connectivity index (χ4n) is 3.17. The molecule has 4 rings (SSSR count). The highest BCUT2D eigenvalue weighted by molar-refractivity contribution is 6.30. The van der Waals surface area contributed by atoms with Crippen LogP contribution in [0, 0.1) is 5.92 Å². The van der Waals surface area contributed by atoms with Crippen molar-refractivity contribution in [1.29, 1.82) is 0 Å². The lowest BCUT2D eigenvalue weighted by Gasteiger charge is -2.21. The van der Waals surface area contributed by atoms with Crippen LogP contribution >= 0.6 is 11.6 Å². The number of aromatic nitrogens is 3. The van der Waals surface area contributed by atoms with Crippen molar-refractivity contribution in [2.75, 3.05) is 0 Å². The van der Waals surface area contributed by atoms with E-state index in [1.807, 2.05) is 41.2 Å². The Bertz CT molecular complexity index is 822. The minimum atomic E-state index is 0.735. The average molecular weight is 298 g/mol. The van der Waals surface area contributed by atoms with Gasteiger partial charge in [-0.3, -0.25) is 0 Å². The fraction of sp³-hybridized carbons (Fsp3) is 0.294. The van der Waals surface area contributed by atoms with Crippen molar-refractivity contribution in [2.24, 2.45) is 5.92 Å². The molecular formula is C17H16ClN3. The second-order valence-corrected chi connectivity index (χ2v) is 6.32. The van der Waals surface area contributed by atoms with Crippen LogP contribution in [0.15, 0.2) is 36.7 Å². The van der Waals surface area contributed by atoms with Crippen LogP contribution in [0.25, 0.3) is 16.8 Å². The summed E-state index contributed by atoms with van der Waals surface area (Å²) in [6, 6.07) is 7.85. The molecule has 0 saturated carbocycles. The van der Waals surface area contributed by atoms with Gasteiger partial charge in [0.1, 0.15) is 0 Å². The Morgan fingerprint density at radius 2 is 2.19 bits per heavy atom. The molecule has 1 atom stereocenters. The lowest BCUT2D eigenvalue weighted by Crippen LogP contribution is -2.16. The smallest absolute Gasteiger partial charge is 0.163 e. The number of aryl methyl sites for hydroxylation is 1. The van der Waals surface area contributed by atoms with Crippen LogP contribution in [0.2, 0.25) is 5.02 Å². The molecule has 2 aromatic heterocycles. The summed E-state index contributed by atoms with van der Waals surface area (Å²) in [6.07, 6.45) is 7.32. The second-order valence-electron chi connectivity index (χ2n) is 5.88. The minimum Gasteiger partial charge on any atom is -0.236 e. The van der Waals surface area contributed by atoms with Gasteiger partial charge in [-0.15, -0.1) is 0 Å². The van der Waals surface area contributed by atoms with Crippen LogP contribution in [-0.2, 0) is 12.8 Å². The fourth-order valence-corrected chi connectivity index (χ4v) is 3.36. The molecule has 1 unspecified atom stereocenters. The van der Waals surface area contributed by atoms with Crippen LogP contribution in [0.4, 0.5) is 0 Å². The molecule has 0 bridgehead atoms. The molecule has 0 spiro atoms. The van der Waals surface area contributed by atoms with Gasteiger partial charge < -0.3 is 0 Å². The number of hydrogen-bond donors (Lipinski definition) is 0. The van der Waals surface area contributed by atoms with Crippen LogP contribution in [-0.4, -0.2) is 14.6 Å². The van der Waals surface area contributed by atoms with Crippen molar-refractivity contribution >= 4 is 17.2 Å². The maximum absolute atomic E-state index is 6.10. The summed E-state index contributed by atoms with van der Waals surface area (Å²) in [5, 5.41) is 5.31. The largest absolute Gasteiger partial charge is 0.236 e. The number of nitrogens with zero attached hydrogens (tertiary/aromatic N) is 3. The predicted molar refractivity (Wildman–Crippen MR) is 84.6 cm³/mol. The molecule has 21 heavy (non-hydrogen) atoms. The van der Waals surface area contributed by atoms with Crippen molar-refractivity contribution in [3.63, 3.8) is 0 Å². The van der Waals surface area contributed by atoms with Crippen molar-refractivity contribution in [3.8, 4) is 11.1 Å². The van der Waals surface area contributed by atoms with Crippen LogP contribution in [0.1, 0.15) is 24.6 Å². The highest BCUT2D eigenvalue weighted by Crippen LogP contribution is 2.30. The molecule has 0 amide bonds. The van der Waals surface area contributed by atoms with E-state index in [-0.39, 0.29) is 0 Å². The zero-order valence-electron chi connectivity index (χ0n) is 11.9. The van der Waals surface area contributed by atoms with E-state index in [1.54, 1.807) is 0 Å². The van der Waals surface area contributed by atoms with Gasteiger partial charge in [-0.25, -0.2) is 9.50 Å². The zero-order valence-corrected chi connectivity index (χ0v) is 12.6. The number of fused-ring (bicyclic) bond motifs is 3. The summed E-state index contributed by atoms with van der Waals surface area (Å²) in [7, 11) is 0. The maximum atomic E-state index is 6.10. The molecular weight excluding hydrogens is 282 g/mol. The molecule has 106 valence electrons. The third-order valence-corrected chi connectivity index (χ3v) is 4.53. The van der Waals surface area contributed by atoms with E-state index < -0.39 is 0 Å². The lowest BCUT2D eigenvalue weighted by atomic mass is 9.89. The minimum absolute atomic E-state index is 0.735. The summed E-state index contributed by atoms with van der Waals surface area (Å²) >= 11 is 6.10. The quantitative estimate of drug-likeness (QED) is 0.674. The van der Waals surface area contributed by atoms with Gasteiger partial charge >= 0.3 is 0 Å². The number of rotatable bonds is 1. The monoisotopic (exact) mass is 297 g/mol. The number of benzene rings is 1. The van der Waals surface area contributed by atoms with E-state index in [9.17, 15) is 0 Å². The van der Waals surface area contributed by atoms with Gasteiger partial charge in [0.15, 0.2) is 5.65 Å². The molecule has 2 heterocycles. The Morgan fingerprint density at radius 1 is 1.29 bits per heavy atom. The van der Waals surface area contributed by atoms with E-state index in [1.165, 1.54) is 17.7 Å². The molecule has 3 aromatic rings. The van der Waals surface area contributed by atoms with Crippen LogP contribution in [0.3, 0.4) is 0 Å². The first-order valence-corrected chi connectivity index (χ1v) is 7.70. The lowest BCUT2D eigenvalue weighted by molar-refractivity contribution is 0.485. The number of hydrogen-bond acceptors (Lipinski definition) is 2. The Balaban J connectivity index is 1.90. The van der Waals surface area contributed by atoms with Gasteiger partial charge in [-0.05, 0) is 48.4 Å². The normalized spacial score (nSPS) is 17.9. The molecule has 1 aliphatic carbocycles. The van der Waals surface area contributed by atoms with E-state index >= 15 is 0 Å². The first kappa shape index (κ1) is 12.8. The van der Waals surface area contributed by atoms with Gasteiger partial charge in [-0.2, -0.15) is 5.10 Å². The van der Waals surface area contributed by atoms with Crippen molar-refractivity contribution < 1.29 is 0 Å². The van der Waals surface area contributed by atoms with E-state index in [2.05, 4.69) is 17.0 Å². The molecule has 1 aromatic carbocycles. The molecule has 3 nitrogen and oxygen atoms in total. The van der Waals surface area contributed by atoms with Gasteiger partial charge in [0, 0.05) is 22.5 Å². The van der Waals surface area contributed by atoms with Gasteiger partial charge in [0.2, 0.25) is 0 Å². The maximum Gasteiger partial charge on any atom is 0.163 e. The third-order valence-electron chi connectivity index (χ3n) is 4.29. The van der Waals surface area contributed by atoms with Gasteiger partial charge in [-0.1, -0.05) is 30.7 Å². The standard InChI is InChI=1S/C17H16ClN3/c1-11-5-6-16-13(7-11)9-19-17-15(10-20-21(16)17)12-3-2-4-14(18)8-12/h2-4,8-11H,5-7H2,1H3. The summed E-state index contributed by atoms with van der Waals surface area (Å²) in [4.78, 5) is 4.65. The molecule has 4 heteroatoms. The number of halogens is 1. The molecule has 0 radical (unpaired) electrons. The van der Waals surface area contributed by atoms with E-state index in [4.69, 9.17) is 11.6 Å². The van der Waals surface area contributed by atoms with Gasteiger partial charge in [0.25, 0.3) is 0 Å².